The van der Waals surface area contributed by atoms with Gasteiger partial charge in [-0.1, -0.05) is 70.4 Å². The molecule has 0 amide bonds. The minimum atomic E-state index is -0.945. The molecule has 4 saturated heterocycles. The van der Waals surface area contributed by atoms with E-state index in [-0.39, 0.29) is 23.8 Å². The highest BCUT2D eigenvalue weighted by Gasteiger charge is 2.91. The van der Waals surface area contributed by atoms with Crippen LogP contribution in [0.25, 0.3) is 0 Å². The number of hydrogen-bond donors (Lipinski definition) is 1. The molecule has 1 aromatic rings. The van der Waals surface area contributed by atoms with Crippen molar-refractivity contribution in [3.63, 3.8) is 0 Å². The van der Waals surface area contributed by atoms with E-state index in [1.807, 2.05) is 0 Å². The topological polar surface area (TPSA) is 85.1 Å². The van der Waals surface area contributed by atoms with Crippen LogP contribution in [-0.2, 0) is 26.3 Å². The van der Waals surface area contributed by atoms with E-state index >= 15 is 4.79 Å². The Morgan fingerprint density at radius 2 is 1.82 bits per heavy atom. The first-order valence-corrected chi connectivity index (χ1v) is 22.7. The van der Waals surface area contributed by atoms with Crippen molar-refractivity contribution in [2.75, 3.05) is 26.2 Å². The monoisotopic (exact) mass is 750 g/mol. The molecule has 7 nitrogen and oxygen atoms in total. The van der Waals surface area contributed by atoms with Crippen LogP contribution >= 0.6 is 0 Å². The molecule has 2 N–H and O–H groups in total. The standard InChI is InChI=1S/C48H67N3O4/c1-28(2)11-12-30(4)21-41-46-24-35-17-18-47(46,48(41)38-10-6-8-33(9-7-19-49)43(38)44(52)55-48)42(54-45(46)53)23-34-14-16-39-36-22-32(26-51(39)31(34)5)25-50(27-36)40-15-13-29(3)20-37(35)40/h6,8,10,23-24,28-32,34,36-37,39-41H,7,9,11-22,25-27,49H2,1-5H3. The van der Waals surface area contributed by atoms with Gasteiger partial charge in [-0.25, -0.2) is 4.79 Å². The lowest BCUT2D eigenvalue weighted by atomic mass is 9.31. The maximum atomic E-state index is 15.4. The molecule has 11 heterocycles. The van der Waals surface area contributed by atoms with Crippen LogP contribution in [0.2, 0.25) is 0 Å². The summed E-state index contributed by atoms with van der Waals surface area (Å²) in [4.78, 5) is 35.8. The molecule has 3 aliphatic carbocycles. The van der Waals surface area contributed by atoms with Crippen LogP contribution in [-0.4, -0.2) is 66.0 Å². The zero-order chi connectivity index (χ0) is 38.0. The van der Waals surface area contributed by atoms with Gasteiger partial charge in [0.15, 0.2) is 5.60 Å². The molecule has 15 rings (SSSR count). The maximum Gasteiger partial charge on any atom is 0.339 e. The molecule has 15 atom stereocenters. The van der Waals surface area contributed by atoms with Gasteiger partial charge in [0, 0.05) is 49.2 Å². The Kier molecular flexibility index (Phi) is 8.89. The number of carbonyl (C=O) groups is 2. The number of nitrogens with zero attached hydrogens (tertiary/aromatic N) is 2. The van der Waals surface area contributed by atoms with Crippen molar-refractivity contribution in [3.8, 4) is 0 Å². The van der Waals surface area contributed by atoms with Gasteiger partial charge in [0.1, 0.15) is 11.2 Å². The fourth-order valence-electron chi connectivity index (χ4n) is 15.1. The third-order valence-corrected chi connectivity index (χ3v) is 17.4. The van der Waals surface area contributed by atoms with Crippen molar-refractivity contribution < 1.29 is 19.1 Å². The first-order chi connectivity index (χ1) is 26.5. The van der Waals surface area contributed by atoms with Crippen molar-refractivity contribution >= 4 is 11.9 Å². The average Bonchev–Trinajstić information content (AvgIpc) is 3.61. The molecule has 55 heavy (non-hydrogen) atoms. The Bertz CT molecular complexity index is 1800. The van der Waals surface area contributed by atoms with E-state index in [2.05, 4.69) is 74.8 Å². The van der Waals surface area contributed by atoms with Gasteiger partial charge in [0.2, 0.25) is 0 Å². The largest absolute Gasteiger partial charge is 0.449 e. The van der Waals surface area contributed by atoms with E-state index in [4.69, 9.17) is 15.2 Å². The summed E-state index contributed by atoms with van der Waals surface area (Å²) in [7, 11) is 0. The van der Waals surface area contributed by atoms with Gasteiger partial charge in [-0.2, -0.15) is 0 Å². The quantitative estimate of drug-likeness (QED) is 0.211. The fraction of sp³-hybridized carbons (Fsp3) is 0.750. The number of esters is 2. The summed E-state index contributed by atoms with van der Waals surface area (Å²) in [6.45, 7) is 16.1. The second-order valence-electron chi connectivity index (χ2n) is 20.8. The summed E-state index contributed by atoms with van der Waals surface area (Å²) < 4.78 is 14.0. The number of fused-ring (bicyclic) bond motifs is 2. The van der Waals surface area contributed by atoms with Crippen molar-refractivity contribution in [3.05, 3.63) is 58.4 Å². The Hall–Kier alpha value is -2.48. The van der Waals surface area contributed by atoms with Gasteiger partial charge in [-0.3, -0.25) is 14.6 Å². The molecule has 10 bridgehead atoms. The number of hydrogen-bond acceptors (Lipinski definition) is 7. The highest BCUT2D eigenvalue weighted by molar-refractivity contribution is 5.99. The predicted molar refractivity (Wildman–Crippen MR) is 215 cm³/mol. The number of aryl methyl sites for hydroxylation is 1. The van der Waals surface area contributed by atoms with Gasteiger partial charge in [0.05, 0.1) is 11.0 Å². The third-order valence-electron chi connectivity index (χ3n) is 17.4. The molecule has 14 aliphatic rings. The number of nitrogens with two attached hydrogens (primary N) is 1. The number of benzene rings is 1. The van der Waals surface area contributed by atoms with Crippen LogP contribution in [0.3, 0.4) is 0 Å². The normalized spacial score (nSPS) is 45.3. The fourth-order valence-corrected chi connectivity index (χ4v) is 15.1. The van der Waals surface area contributed by atoms with Gasteiger partial charge in [-0.05, 0) is 137 Å². The van der Waals surface area contributed by atoms with Gasteiger partial charge < -0.3 is 15.2 Å². The van der Waals surface area contributed by atoms with Crippen LogP contribution in [0.4, 0.5) is 0 Å². The second-order valence-corrected chi connectivity index (χ2v) is 20.8. The van der Waals surface area contributed by atoms with Crippen LogP contribution in [0.1, 0.15) is 133 Å². The molecule has 15 unspecified atom stereocenters. The van der Waals surface area contributed by atoms with Crippen molar-refractivity contribution in [1.82, 2.24) is 9.80 Å². The van der Waals surface area contributed by atoms with Crippen LogP contribution in [0.15, 0.2) is 41.7 Å². The molecule has 0 radical (unpaired) electrons. The number of rotatable bonds is 8. The Morgan fingerprint density at radius 3 is 2.64 bits per heavy atom. The van der Waals surface area contributed by atoms with Gasteiger partial charge in [0.25, 0.3) is 0 Å². The Labute approximate surface area is 330 Å². The molecule has 11 aliphatic heterocycles. The summed E-state index contributed by atoms with van der Waals surface area (Å²) in [5, 5.41) is 0. The summed E-state index contributed by atoms with van der Waals surface area (Å²) >= 11 is 0. The lowest BCUT2D eigenvalue weighted by molar-refractivity contribution is -0.274. The SMILES string of the molecule is CC(C)CCC(C)CC1C23C=C4CCC2(C(=CC2CCC5C6CC(CN(C6)C6CCC(C)CC46)CN5C2C)OC3=O)C12OC(=O)c1c(CCCN)cccc12. The molecule has 1 aromatic carbocycles. The van der Waals surface area contributed by atoms with E-state index in [9.17, 15) is 4.79 Å². The smallest absolute Gasteiger partial charge is 0.339 e. The lowest BCUT2D eigenvalue weighted by Crippen LogP contribution is -2.75. The molecule has 0 aromatic heterocycles. The first-order valence-electron chi connectivity index (χ1n) is 22.7. The van der Waals surface area contributed by atoms with Crippen LogP contribution in [0.5, 0.6) is 0 Å². The lowest BCUT2D eigenvalue weighted by Gasteiger charge is -2.69. The number of ether oxygens (including phenoxy) is 2. The molecule has 7 heteroatoms. The maximum absolute atomic E-state index is 15.4. The Morgan fingerprint density at radius 1 is 0.982 bits per heavy atom. The van der Waals surface area contributed by atoms with E-state index in [1.54, 1.807) is 0 Å². The van der Waals surface area contributed by atoms with Gasteiger partial charge >= 0.3 is 11.9 Å². The summed E-state index contributed by atoms with van der Waals surface area (Å²) in [5.41, 5.74) is 7.76. The van der Waals surface area contributed by atoms with E-state index in [1.165, 1.54) is 57.3 Å². The zero-order valence-electron chi connectivity index (χ0n) is 34.4. The Balaban J connectivity index is 1.20. The van der Waals surface area contributed by atoms with Gasteiger partial charge in [-0.15, -0.1) is 0 Å². The predicted octanol–water partition coefficient (Wildman–Crippen LogP) is 8.41. The highest BCUT2D eigenvalue weighted by Crippen LogP contribution is 2.85. The van der Waals surface area contributed by atoms with Crippen LogP contribution in [0, 0.1) is 58.2 Å². The second kappa shape index (κ2) is 13.3. The molecule has 2 saturated carbocycles. The molecular weight excluding hydrogens is 683 g/mol. The average molecular weight is 750 g/mol. The minimum absolute atomic E-state index is 0.0812. The zero-order valence-corrected chi connectivity index (χ0v) is 34.4. The highest BCUT2D eigenvalue weighted by atomic mass is 16.6. The first kappa shape index (κ1) is 36.8. The van der Waals surface area contributed by atoms with E-state index in [0.717, 1.165) is 85.7 Å². The van der Waals surface area contributed by atoms with Crippen molar-refractivity contribution in [2.24, 2.45) is 63.9 Å². The molecular formula is C48H67N3O4. The van der Waals surface area contributed by atoms with Crippen LogP contribution < -0.4 is 5.73 Å². The molecule has 6 fully saturated rings. The third kappa shape index (κ3) is 5.03. The molecule has 2 spiro atoms. The summed E-state index contributed by atoms with van der Waals surface area (Å²) in [5.74, 6) is 4.19. The summed E-state index contributed by atoms with van der Waals surface area (Å²) in [6.07, 6.45) is 18.7. The number of carbonyl (C=O) groups excluding carboxylic acids is 2. The number of piperidine rings is 3. The van der Waals surface area contributed by atoms with Crippen molar-refractivity contribution in [2.45, 2.75) is 142 Å². The van der Waals surface area contributed by atoms with E-state index < -0.39 is 16.4 Å². The molecule has 298 valence electrons. The summed E-state index contributed by atoms with van der Waals surface area (Å²) in [6, 6.07) is 7.95. The van der Waals surface area contributed by atoms with Crippen molar-refractivity contribution in [1.29, 1.82) is 0 Å². The van der Waals surface area contributed by atoms with E-state index in [0.29, 0.717) is 48.3 Å². The minimum Gasteiger partial charge on any atom is -0.449 e.